The van der Waals surface area contributed by atoms with Gasteiger partial charge in [-0.05, 0) is 17.0 Å². The van der Waals surface area contributed by atoms with E-state index in [0.717, 1.165) is 0 Å². The summed E-state index contributed by atoms with van der Waals surface area (Å²) in [6, 6.07) is 0. The van der Waals surface area contributed by atoms with Crippen molar-refractivity contribution in [3.05, 3.63) is 10.5 Å². The van der Waals surface area contributed by atoms with Crippen molar-refractivity contribution in [1.82, 2.24) is 15.2 Å². The quantitative estimate of drug-likeness (QED) is 0.622. The van der Waals surface area contributed by atoms with Crippen LogP contribution in [0.2, 0.25) is 0 Å². The highest BCUT2D eigenvalue weighted by molar-refractivity contribution is 8.76. The molecule has 0 atom stereocenters. The molecule has 4 nitrogen and oxygen atoms in total. The molecule has 0 aromatic carbocycles. The van der Waals surface area contributed by atoms with Crippen LogP contribution in [0, 0.1) is 0 Å². The molecule has 0 saturated carbocycles. The van der Waals surface area contributed by atoms with Gasteiger partial charge in [0.25, 0.3) is 0 Å². The number of H-pyrrole nitrogens is 2. The summed E-state index contributed by atoms with van der Waals surface area (Å²) in [6.45, 7) is 0. The SMILES string of the molecule is CSSc1n[nH]c(=O)[nH]1. The van der Waals surface area contributed by atoms with Crippen molar-refractivity contribution in [2.75, 3.05) is 6.26 Å². The van der Waals surface area contributed by atoms with Gasteiger partial charge in [0.05, 0.1) is 0 Å². The molecule has 6 heteroatoms. The summed E-state index contributed by atoms with van der Waals surface area (Å²) in [4.78, 5) is 12.9. The number of hydrogen-bond acceptors (Lipinski definition) is 4. The molecule has 1 rings (SSSR count). The van der Waals surface area contributed by atoms with Gasteiger partial charge in [0.2, 0.25) is 0 Å². The first-order chi connectivity index (χ1) is 4.33. The second kappa shape index (κ2) is 2.98. The van der Waals surface area contributed by atoms with E-state index in [9.17, 15) is 4.79 Å². The minimum Gasteiger partial charge on any atom is -0.283 e. The fourth-order valence-corrected chi connectivity index (χ4v) is 1.46. The molecule has 0 spiro atoms. The topological polar surface area (TPSA) is 61.5 Å². The lowest BCUT2D eigenvalue weighted by Gasteiger charge is -1.83. The van der Waals surface area contributed by atoms with E-state index in [1.807, 2.05) is 6.26 Å². The molecule has 50 valence electrons. The monoisotopic (exact) mass is 163 g/mol. The molecular formula is C3H5N3OS2. The van der Waals surface area contributed by atoms with Gasteiger partial charge in [-0.1, -0.05) is 10.8 Å². The molecule has 0 unspecified atom stereocenters. The van der Waals surface area contributed by atoms with Crippen molar-refractivity contribution < 1.29 is 0 Å². The zero-order valence-electron chi connectivity index (χ0n) is 4.67. The summed E-state index contributed by atoms with van der Waals surface area (Å²) in [7, 11) is 2.95. The van der Waals surface area contributed by atoms with Crippen LogP contribution in [0.5, 0.6) is 0 Å². The third kappa shape index (κ3) is 1.79. The van der Waals surface area contributed by atoms with Crippen LogP contribution in [0.15, 0.2) is 9.95 Å². The maximum absolute atomic E-state index is 10.4. The molecule has 0 saturated heterocycles. The third-order valence-electron chi connectivity index (χ3n) is 0.642. The van der Waals surface area contributed by atoms with Gasteiger partial charge in [-0.25, -0.2) is 9.89 Å². The lowest BCUT2D eigenvalue weighted by molar-refractivity contribution is 0.975. The zero-order chi connectivity index (χ0) is 6.69. The van der Waals surface area contributed by atoms with Gasteiger partial charge in [-0.15, -0.1) is 5.10 Å². The van der Waals surface area contributed by atoms with Crippen LogP contribution < -0.4 is 5.69 Å². The molecular weight excluding hydrogens is 158 g/mol. The second-order valence-corrected chi connectivity index (χ2v) is 3.62. The van der Waals surface area contributed by atoms with Crippen LogP contribution >= 0.6 is 21.6 Å². The van der Waals surface area contributed by atoms with Crippen molar-refractivity contribution in [1.29, 1.82) is 0 Å². The standard InChI is InChI=1S/C3H5N3OS2/c1-8-9-3-4-2(7)5-6-3/h1H3,(H2,4,5,6,7). The normalized spacial score (nSPS) is 9.89. The van der Waals surface area contributed by atoms with E-state index in [-0.39, 0.29) is 5.69 Å². The maximum atomic E-state index is 10.4. The van der Waals surface area contributed by atoms with Crippen molar-refractivity contribution in [3.63, 3.8) is 0 Å². The zero-order valence-corrected chi connectivity index (χ0v) is 6.30. The van der Waals surface area contributed by atoms with Crippen LogP contribution in [0.3, 0.4) is 0 Å². The van der Waals surface area contributed by atoms with Gasteiger partial charge in [-0.3, -0.25) is 4.98 Å². The molecule has 2 N–H and O–H groups in total. The van der Waals surface area contributed by atoms with Crippen molar-refractivity contribution in [2.45, 2.75) is 5.16 Å². The maximum Gasteiger partial charge on any atom is 0.341 e. The van der Waals surface area contributed by atoms with E-state index < -0.39 is 0 Å². The van der Waals surface area contributed by atoms with E-state index >= 15 is 0 Å². The molecule has 0 aliphatic carbocycles. The van der Waals surface area contributed by atoms with Crippen LogP contribution in [0.1, 0.15) is 0 Å². The summed E-state index contributed by atoms with van der Waals surface area (Å²) in [6.07, 6.45) is 1.91. The average Bonchev–Trinajstić information content (AvgIpc) is 2.17. The van der Waals surface area contributed by atoms with Gasteiger partial charge < -0.3 is 0 Å². The Morgan fingerprint density at radius 3 is 2.89 bits per heavy atom. The smallest absolute Gasteiger partial charge is 0.283 e. The number of hydrogen-bond donors (Lipinski definition) is 2. The Balaban J connectivity index is 2.73. The van der Waals surface area contributed by atoms with E-state index in [4.69, 9.17) is 0 Å². The summed E-state index contributed by atoms with van der Waals surface area (Å²) in [5.74, 6) is 0. The Morgan fingerprint density at radius 2 is 2.44 bits per heavy atom. The largest absolute Gasteiger partial charge is 0.341 e. The highest BCUT2D eigenvalue weighted by Gasteiger charge is 1.94. The number of rotatable bonds is 2. The lowest BCUT2D eigenvalue weighted by Crippen LogP contribution is -2.00. The minimum absolute atomic E-state index is 0.258. The Hall–Kier alpha value is -0.360. The Kier molecular flexibility index (Phi) is 2.23. The molecule has 0 amide bonds. The number of aromatic nitrogens is 3. The Morgan fingerprint density at radius 1 is 1.67 bits per heavy atom. The van der Waals surface area contributed by atoms with E-state index in [1.54, 1.807) is 0 Å². The minimum atomic E-state index is -0.258. The first-order valence-electron chi connectivity index (χ1n) is 2.18. The fourth-order valence-electron chi connectivity index (χ4n) is 0.373. The van der Waals surface area contributed by atoms with Crippen molar-refractivity contribution in [2.24, 2.45) is 0 Å². The van der Waals surface area contributed by atoms with Gasteiger partial charge in [0, 0.05) is 0 Å². The molecule has 0 aliphatic rings. The molecule has 0 bridgehead atoms. The predicted molar refractivity (Wildman–Crippen MR) is 38.6 cm³/mol. The van der Waals surface area contributed by atoms with E-state index in [1.165, 1.54) is 21.6 Å². The Bertz CT molecular complexity index is 229. The summed E-state index contributed by atoms with van der Waals surface area (Å²) < 4.78 is 0. The van der Waals surface area contributed by atoms with Crippen molar-refractivity contribution in [3.8, 4) is 0 Å². The number of aromatic amines is 2. The van der Waals surface area contributed by atoms with Gasteiger partial charge in [-0.2, -0.15) is 0 Å². The lowest BCUT2D eigenvalue weighted by atomic mass is 11.3. The van der Waals surface area contributed by atoms with Crippen LogP contribution in [-0.2, 0) is 0 Å². The van der Waals surface area contributed by atoms with Crippen LogP contribution in [-0.4, -0.2) is 21.4 Å². The highest BCUT2D eigenvalue weighted by Crippen LogP contribution is 2.22. The van der Waals surface area contributed by atoms with Crippen LogP contribution in [0.25, 0.3) is 0 Å². The Labute approximate surface area is 59.2 Å². The first kappa shape index (κ1) is 6.76. The van der Waals surface area contributed by atoms with Crippen LogP contribution in [0.4, 0.5) is 0 Å². The predicted octanol–water partition coefficient (Wildman–Crippen LogP) is 0.468. The summed E-state index contributed by atoms with van der Waals surface area (Å²) >= 11 is 0. The summed E-state index contributed by atoms with van der Waals surface area (Å²) in [5, 5.41) is 6.53. The molecule has 0 radical (unpaired) electrons. The van der Waals surface area contributed by atoms with E-state index in [0.29, 0.717) is 5.16 Å². The number of nitrogens with zero attached hydrogens (tertiary/aromatic N) is 1. The molecule has 0 fully saturated rings. The first-order valence-corrected chi connectivity index (χ1v) is 4.74. The average molecular weight is 163 g/mol. The molecule has 1 heterocycles. The second-order valence-electron chi connectivity index (χ2n) is 1.23. The molecule has 9 heavy (non-hydrogen) atoms. The highest BCUT2D eigenvalue weighted by atomic mass is 33.1. The van der Waals surface area contributed by atoms with Crippen molar-refractivity contribution >= 4 is 21.6 Å². The molecule has 0 aliphatic heterocycles. The molecule has 1 aromatic rings. The third-order valence-corrected chi connectivity index (χ3v) is 2.13. The fraction of sp³-hybridized carbons (Fsp3) is 0.333. The van der Waals surface area contributed by atoms with Gasteiger partial charge >= 0.3 is 5.69 Å². The van der Waals surface area contributed by atoms with E-state index in [2.05, 4.69) is 15.2 Å². The number of nitrogens with one attached hydrogen (secondary N) is 2. The van der Waals surface area contributed by atoms with Gasteiger partial charge in [0.1, 0.15) is 0 Å². The van der Waals surface area contributed by atoms with Gasteiger partial charge in [0.15, 0.2) is 5.16 Å². The molecule has 1 aromatic heterocycles. The summed E-state index contributed by atoms with van der Waals surface area (Å²) in [5.41, 5.74) is -0.258.